The molecule has 0 saturated carbocycles. The highest BCUT2D eigenvalue weighted by Gasteiger charge is 2.15. The summed E-state index contributed by atoms with van der Waals surface area (Å²) in [6, 6.07) is 20.3. The predicted octanol–water partition coefficient (Wildman–Crippen LogP) is 3.73. The second-order valence-corrected chi connectivity index (χ2v) is 8.22. The van der Waals surface area contributed by atoms with Crippen LogP contribution in [0.1, 0.15) is 21.5 Å². The third kappa shape index (κ3) is 5.36. The summed E-state index contributed by atoms with van der Waals surface area (Å²) in [5.41, 5.74) is 2.79. The van der Waals surface area contributed by atoms with Crippen molar-refractivity contribution in [3.8, 4) is 5.75 Å². The number of carbonyl (C=O) groups excluding carboxylic acids is 1. The Hall–Kier alpha value is -3.32. The van der Waals surface area contributed by atoms with Crippen molar-refractivity contribution in [2.45, 2.75) is 18.4 Å². The first kappa shape index (κ1) is 20.4. The van der Waals surface area contributed by atoms with Crippen LogP contribution >= 0.6 is 0 Å². The van der Waals surface area contributed by atoms with E-state index < -0.39 is 10.0 Å². The van der Waals surface area contributed by atoms with Crippen LogP contribution in [-0.2, 0) is 16.6 Å². The number of methoxy groups -OCH3 is 1. The molecule has 1 amide bonds. The minimum Gasteiger partial charge on any atom is -0.497 e. The Morgan fingerprint density at radius 1 is 0.966 bits per heavy atom. The van der Waals surface area contributed by atoms with Gasteiger partial charge in [-0.1, -0.05) is 35.9 Å². The molecule has 0 aromatic heterocycles. The molecule has 0 fully saturated rings. The molecular weight excluding hydrogens is 388 g/mol. The first-order valence-electron chi connectivity index (χ1n) is 8.98. The minimum atomic E-state index is -3.78. The van der Waals surface area contributed by atoms with Gasteiger partial charge in [0.15, 0.2) is 0 Å². The molecule has 0 spiro atoms. The molecule has 3 aromatic rings. The van der Waals surface area contributed by atoms with Crippen LogP contribution < -0.4 is 14.8 Å². The number of carbonyl (C=O) groups is 1. The van der Waals surface area contributed by atoms with E-state index in [0.29, 0.717) is 23.5 Å². The number of benzene rings is 3. The summed E-state index contributed by atoms with van der Waals surface area (Å²) in [6.07, 6.45) is 0. The van der Waals surface area contributed by atoms with Crippen molar-refractivity contribution >= 4 is 21.6 Å². The fourth-order valence-corrected chi connectivity index (χ4v) is 3.85. The Morgan fingerprint density at radius 3 is 2.38 bits per heavy atom. The number of ether oxygens (including phenoxy) is 1. The van der Waals surface area contributed by atoms with Crippen LogP contribution in [0.3, 0.4) is 0 Å². The number of hydrogen-bond acceptors (Lipinski definition) is 4. The Labute approximate surface area is 170 Å². The summed E-state index contributed by atoms with van der Waals surface area (Å²) < 4.78 is 32.7. The third-order valence-electron chi connectivity index (χ3n) is 4.28. The van der Waals surface area contributed by atoms with Gasteiger partial charge < -0.3 is 10.1 Å². The van der Waals surface area contributed by atoms with E-state index in [1.807, 2.05) is 31.2 Å². The Morgan fingerprint density at radius 2 is 1.69 bits per heavy atom. The molecule has 0 aliphatic carbocycles. The van der Waals surface area contributed by atoms with E-state index in [1.165, 1.54) is 25.3 Å². The molecule has 0 aliphatic heterocycles. The van der Waals surface area contributed by atoms with Gasteiger partial charge in [-0.15, -0.1) is 0 Å². The van der Waals surface area contributed by atoms with E-state index in [4.69, 9.17) is 4.74 Å². The summed E-state index contributed by atoms with van der Waals surface area (Å²) in [7, 11) is -2.27. The second kappa shape index (κ2) is 8.79. The Bertz CT molecular complexity index is 1110. The molecule has 0 aliphatic rings. The lowest BCUT2D eigenvalue weighted by atomic mass is 10.1. The molecule has 0 bridgehead atoms. The summed E-state index contributed by atoms with van der Waals surface area (Å²) >= 11 is 0. The van der Waals surface area contributed by atoms with Gasteiger partial charge in [0.05, 0.1) is 12.0 Å². The molecule has 3 aromatic carbocycles. The maximum Gasteiger partial charge on any atom is 0.261 e. The molecule has 150 valence electrons. The standard InChI is InChI=1S/C22H22N2O4S/c1-16-5-3-6-17(13-16)15-23-22(25)18-7-4-8-19(14-18)24-29(26,27)21-11-9-20(28-2)10-12-21/h3-14,24H,15H2,1-2H3,(H,23,25). The largest absolute Gasteiger partial charge is 0.497 e. The molecule has 29 heavy (non-hydrogen) atoms. The highest BCUT2D eigenvalue weighted by atomic mass is 32.2. The van der Waals surface area contributed by atoms with Crippen molar-refractivity contribution in [3.63, 3.8) is 0 Å². The maximum atomic E-state index is 12.6. The van der Waals surface area contributed by atoms with Gasteiger partial charge in [0.25, 0.3) is 15.9 Å². The summed E-state index contributed by atoms with van der Waals surface area (Å²) in [5.74, 6) is 0.285. The summed E-state index contributed by atoms with van der Waals surface area (Å²) in [6.45, 7) is 2.38. The topological polar surface area (TPSA) is 84.5 Å². The van der Waals surface area contributed by atoms with E-state index in [2.05, 4.69) is 10.0 Å². The molecule has 0 heterocycles. The minimum absolute atomic E-state index is 0.104. The molecule has 6 nitrogen and oxygen atoms in total. The molecular formula is C22H22N2O4S. The van der Waals surface area contributed by atoms with Gasteiger partial charge in [-0.05, 0) is 55.0 Å². The Balaban J connectivity index is 1.70. The summed E-state index contributed by atoms with van der Waals surface area (Å²) in [4.78, 5) is 12.6. The molecule has 0 radical (unpaired) electrons. The van der Waals surface area contributed by atoms with Crippen LogP contribution in [0, 0.1) is 6.92 Å². The highest BCUT2D eigenvalue weighted by molar-refractivity contribution is 7.92. The number of aryl methyl sites for hydroxylation is 1. The number of amides is 1. The zero-order chi connectivity index (χ0) is 20.9. The van der Waals surface area contributed by atoms with E-state index in [1.54, 1.807) is 30.3 Å². The molecule has 0 saturated heterocycles. The first-order valence-corrected chi connectivity index (χ1v) is 10.5. The van der Waals surface area contributed by atoms with E-state index in [9.17, 15) is 13.2 Å². The molecule has 0 atom stereocenters. The van der Waals surface area contributed by atoms with Crippen LogP contribution in [-0.4, -0.2) is 21.4 Å². The maximum absolute atomic E-state index is 12.6. The Kier molecular flexibility index (Phi) is 6.19. The van der Waals surface area contributed by atoms with E-state index in [0.717, 1.165) is 11.1 Å². The normalized spacial score (nSPS) is 11.0. The molecule has 0 unspecified atom stereocenters. The monoisotopic (exact) mass is 410 g/mol. The number of anilines is 1. The van der Waals surface area contributed by atoms with Crippen LogP contribution in [0.15, 0.2) is 77.7 Å². The molecule has 2 N–H and O–H groups in total. The van der Waals surface area contributed by atoms with Gasteiger partial charge in [-0.2, -0.15) is 0 Å². The number of rotatable bonds is 7. The number of sulfonamides is 1. The fourth-order valence-electron chi connectivity index (χ4n) is 2.80. The molecule has 7 heteroatoms. The smallest absolute Gasteiger partial charge is 0.261 e. The van der Waals surface area contributed by atoms with Crippen LogP contribution in [0.5, 0.6) is 5.75 Å². The van der Waals surface area contributed by atoms with Gasteiger partial charge in [-0.25, -0.2) is 8.42 Å². The number of nitrogens with one attached hydrogen (secondary N) is 2. The van der Waals surface area contributed by atoms with Gasteiger partial charge >= 0.3 is 0 Å². The van der Waals surface area contributed by atoms with E-state index in [-0.39, 0.29) is 10.8 Å². The van der Waals surface area contributed by atoms with Gasteiger partial charge in [-0.3, -0.25) is 9.52 Å². The summed E-state index contributed by atoms with van der Waals surface area (Å²) in [5, 5.41) is 2.85. The zero-order valence-corrected chi connectivity index (χ0v) is 17.0. The second-order valence-electron chi connectivity index (χ2n) is 6.53. The van der Waals surface area contributed by atoms with E-state index >= 15 is 0 Å². The third-order valence-corrected chi connectivity index (χ3v) is 5.68. The van der Waals surface area contributed by atoms with Crippen molar-refractivity contribution < 1.29 is 17.9 Å². The fraction of sp³-hybridized carbons (Fsp3) is 0.136. The lowest BCUT2D eigenvalue weighted by Crippen LogP contribution is -2.23. The van der Waals surface area contributed by atoms with Gasteiger partial charge in [0.1, 0.15) is 5.75 Å². The number of hydrogen-bond donors (Lipinski definition) is 2. The van der Waals surface area contributed by atoms with Crippen molar-refractivity contribution in [3.05, 3.63) is 89.5 Å². The van der Waals surface area contributed by atoms with Crippen molar-refractivity contribution in [2.24, 2.45) is 0 Å². The van der Waals surface area contributed by atoms with Crippen molar-refractivity contribution in [1.29, 1.82) is 0 Å². The average molecular weight is 410 g/mol. The van der Waals surface area contributed by atoms with Gasteiger partial charge in [0.2, 0.25) is 0 Å². The quantitative estimate of drug-likeness (QED) is 0.622. The SMILES string of the molecule is COc1ccc(S(=O)(=O)Nc2cccc(C(=O)NCc3cccc(C)c3)c2)cc1. The van der Waals surface area contributed by atoms with Crippen molar-refractivity contribution in [2.75, 3.05) is 11.8 Å². The zero-order valence-electron chi connectivity index (χ0n) is 16.2. The van der Waals surface area contributed by atoms with Crippen molar-refractivity contribution in [1.82, 2.24) is 5.32 Å². The lowest BCUT2D eigenvalue weighted by molar-refractivity contribution is 0.0951. The van der Waals surface area contributed by atoms with Gasteiger partial charge in [0, 0.05) is 17.8 Å². The lowest BCUT2D eigenvalue weighted by Gasteiger charge is -2.11. The highest BCUT2D eigenvalue weighted by Crippen LogP contribution is 2.20. The average Bonchev–Trinajstić information content (AvgIpc) is 2.72. The van der Waals surface area contributed by atoms with Crippen LogP contribution in [0.25, 0.3) is 0 Å². The predicted molar refractivity (Wildman–Crippen MR) is 113 cm³/mol. The first-order chi connectivity index (χ1) is 13.9. The molecule has 3 rings (SSSR count). The van der Waals surface area contributed by atoms with Crippen LogP contribution in [0.2, 0.25) is 0 Å². The van der Waals surface area contributed by atoms with Crippen LogP contribution in [0.4, 0.5) is 5.69 Å².